The summed E-state index contributed by atoms with van der Waals surface area (Å²) in [4.78, 5) is 1.86. The van der Waals surface area contributed by atoms with E-state index in [1.807, 2.05) is 4.90 Å². The third-order valence-corrected chi connectivity index (χ3v) is 6.49. The minimum atomic E-state index is -3.83. The maximum atomic E-state index is 13.2. The largest absolute Gasteiger partial charge is 0.497 e. The zero-order valence-electron chi connectivity index (χ0n) is 15.0. The number of nitrogens with one attached hydrogen (secondary N) is 1. The summed E-state index contributed by atoms with van der Waals surface area (Å²) < 4.78 is 64.4. The third-order valence-electron chi connectivity index (χ3n) is 4.99. The van der Waals surface area contributed by atoms with Gasteiger partial charge in [-0.25, -0.2) is 21.9 Å². The normalized spacial score (nSPS) is 29.0. The van der Waals surface area contributed by atoms with E-state index in [-0.39, 0.29) is 44.0 Å². The molecule has 3 unspecified atom stereocenters. The van der Waals surface area contributed by atoms with Crippen LogP contribution >= 0.6 is 0 Å². The van der Waals surface area contributed by atoms with Crippen LogP contribution in [-0.4, -0.2) is 75.9 Å². The summed E-state index contributed by atoms with van der Waals surface area (Å²) in [5.74, 6) is -2.10. The fraction of sp³-hybridized carbons (Fsp3) is 0.647. The molecule has 2 saturated heterocycles. The van der Waals surface area contributed by atoms with Crippen molar-refractivity contribution in [2.75, 3.05) is 33.4 Å². The van der Waals surface area contributed by atoms with E-state index >= 15 is 0 Å². The second-order valence-corrected chi connectivity index (χ2v) is 8.64. The van der Waals surface area contributed by atoms with Crippen LogP contribution in [0.3, 0.4) is 0 Å². The Morgan fingerprint density at radius 1 is 1.30 bits per heavy atom. The number of aliphatic hydroxyl groups is 1. The predicted octanol–water partition coefficient (Wildman–Crippen LogP) is 0.833. The molecule has 2 heterocycles. The molecule has 0 aromatic heterocycles. The first-order valence-corrected chi connectivity index (χ1v) is 10.2. The number of ether oxygens (including phenoxy) is 2. The van der Waals surface area contributed by atoms with Crippen LogP contribution in [0.5, 0.6) is 5.75 Å². The van der Waals surface area contributed by atoms with Gasteiger partial charge in [0.1, 0.15) is 5.75 Å². The molecule has 2 N–H and O–H groups in total. The molecule has 27 heavy (non-hydrogen) atoms. The van der Waals surface area contributed by atoms with Crippen molar-refractivity contribution in [3.63, 3.8) is 0 Å². The van der Waals surface area contributed by atoms with Crippen LogP contribution in [0.4, 0.5) is 8.78 Å². The van der Waals surface area contributed by atoms with E-state index < -0.39 is 34.2 Å². The van der Waals surface area contributed by atoms with Gasteiger partial charge in [-0.05, 0) is 24.3 Å². The topological polar surface area (TPSA) is 88.1 Å². The summed E-state index contributed by atoms with van der Waals surface area (Å²) in [7, 11) is -2.35. The zero-order valence-corrected chi connectivity index (χ0v) is 15.8. The Bertz CT molecular complexity index is 734. The first-order valence-electron chi connectivity index (χ1n) is 8.76. The van der Waals surface area contributed by atoms with Gasteiger partial charge in [0.25, 0.3) is 5.92 Å². The van der Waals surface area contributed by atoms with Gasteiger partial charge in [0.15, 0.2) is 0 Å². The zero-order chi connectivity index (χ0) is 19.7. The summed E-state index contributed by atoms with van der Waals surface area (Å²) in [5, 5.41) is 10.4. The number of methoxy groups -OCH3 is 1. The average molecular weight is 406 g/mol. The molecule has 152 valence electrons. The lowest BCUT2D eigenvalue weighted by atomic mass is 10.0. The molecule has 1 aromatic rings. The van der Waals surface area contributed by atoms with Gasteiger partial charge < -0.3 is 19.5 Å². The lowest BCUT2D eigenvalue weighted by Gasteiger charge is -2.33. The number of aliphatic hydroxyl groups excluding tert-OH is 1. The van der Waals surface area contributed by atoms with E-state index in [4.69, 9.17) is 9.47 Å². The number of likely N-dealkylation sites (tertiary alicyclic amines) is 1. The van der Waals surface area contributed by atoms with Crippen LogP contribution in [0.15, 0.2) is 29.2 Å². The number of piperidine rings is 1. The maximum absolute atomic E-state index is 13.2. The molecule has 0 amide bonds. The molecule has 0 saturated carbocycles. The second kappa shape index (κ2) is 7.96. The van der Waals surface area contributed by atoms with Gasteiger partial charge in [-0.2, -0.15) is 0 Å². The van der Waals surface area contributed by atoms with E-state index in [1.165, 1.54) is 31.4 Å². The molecule has 10 heteroatoms. The van der Waals surface area contributed by atoms with Crippen molar-refractivity contribution in [2.45, 2.75) is 41.9 Å². The fourth-order valence-corrected chi connectivity index (χ4v) is 4.52. The Balaban J connectivity index is 1.57. The smallest absolute Gasteiger partial charge is 0.250 e. The molecular formula is C17H24F2N2O5S. The Labute approximate surface area is 157 Å². The molecular weight excluding hydrogens is 382 g/mol. The number of nitrogens with zero attached hydrogens (tertiary/aromatic N) is 1. The molecule has 3 rings (SSSR count). The molecule has 1 aromatic carbocycles. The molecule has 2 aliphatic rings. The van der Waals surface area contributed by atoms with Crippen molar-refractivity contribution in [1.82, 2.24) is 9.62 Å². The average Bonchev–Trinajstić information content (AvgIpc) is 2.96. The van der Waals surface area contributed by atoms with Crippen LogP contribution in [0.2, 0.25) is 0 Å². The van der Waals surface area contributed by atoms with Crippen molar-refractivity contribution in [2.24, 2.45) is 0 Å². The maximum Gasteiger partial charge on any atom is 0.250 e. The van der Waals surface area contributed by atoms with E-state index in [9.17, 15) is 22.3 Å². The number of rotatable bonds is 6. The van der Waals surface area contributed by atoms with E-state index in [2.05, 4.69) is 4.72 Å². The van der Waals surface area contributed by atoms with Crippen molar-refractivity contribution in [3.05, 3.63) is 24.3 Å². The molecule has 7 nitrogen and oxygen atoms in total. The van der Waals surface area contributed by atoms with Crippen LogP contribution in [0.25, 0.3) is 0 Å². The Kier molecular flexibility index (Phi) is 6.02. The predicted molar refractivity (Wildman–Crippen MR) is 93.5 cm³/mol. The summed E-state index contributed by atoms with van der Waals surface area (Å²) in [5.41, 5.74) is 0. The molecule has 0 radical (unpaired) electrons. The highest BCUT2D eigenvalue weighted by molar-refractivity contribution is 7.89. The lowest BCUT2D eigenvalue weighted by Crippen LogP contribution is -2.48. The van der Waals surface area contributed by atoms with Crippen molar-refractivity contribution < 1.29 is 31.8 Å². The van der Waals surface area contributed by atoms with Crippen molar-refractivity contribution in [3.8, 4) is 5.75 Å². The first-order chi connectivity index (χ1) is 12.7. The molecule has 0 aliphatic carbocycles. The van der Waals surface area contributed by atoms with Crippen LogP contribution in [0.1, 0.15) is 12.8 Å². The van der Waals surface area contributed by atoms with E-state index in [0.717, 1.165) is 0 Å². The summed E-state index contributed by atoms with van der Waals surface area (Å²) in [6, 6.07) is 5.09. The number of halogens is 2. The Hall–Kier alpha value is -1.33. The first kappa shape index (κ1) is 20.4. The van der Waals surface area contributed by atoms with Crippen molar-refractivity contribution >= 4 is 10.0 Å². The Morgan fingerprint density at radius 2 is 1.93 bits per heavy atom. The standard InChI is InChI=1S/C17H24F2N2O5S/c1-25-12-2-4-13(5-3-12)27(23,24)20-14-11-26-15(16(14)22)10-21-8-6-17(18,19)7-9-21/h2-5,14-16,20,22H,6-11H2,1H3. The number of hydrogen-bond acceptors (Lipinski definition) is 6. The number of alkyl halides is 2. The van der Waals surface area contributed by atoms with E-state index in [1.54, 1.807) is 0 Å². The Morgan fingerprint density at radius 3 is 2.52 bits per heavy atom. The van der Waals surface area contributed by atoms with E-state index in [0.29, 0.717) is 5.75 Å². The highest BCUT2D eigenvalue weighted by Crippen LogP contribution is 2.28. The highest BCUT2D eigenvalue weighted by Gasteiger charge is 2.41. The monoisotopic (exact) mass is 406 g/mol. The molecule has 0 bridgehead atoms. The summed E-state index contributed by atoms with van der Waals surface area (Å²) >= 11 is 0. The van der Waals surface area contributed by atoms with Gasteiger partial charge in [-0.1, -0.05) is 0 Å². The lowest BCUT2D eigenvalue weighted by molar-refractivity contribution is -0.0674. The highest BCUT2D eigenvalue weighted by atomic mass is 32.2. The van der Waals surface area contributed by atoms with Gasteiger partial charge in [-0.15, -0.1) is 0 Å². The van der Waals surface area contributed by atoms with Crippen molar-refractivity contribution in [1.29, 1.82) is 0 Å². The third kappa shape index (κ3) is 4.94. The quantitative estimate of drug-likeness (QED) is 0.728. The summed E-state index contributed by atoms with van der Waals surface area (Å²) in [6.07, 6.45) is -2.12. The molecule has 0 spiro atoms. The molecule has 3 atom stereocenters. The van der Waals surface area contributed by atoms with Gasteiger partial charge in [0.05, 0.1) is 36.9 Å². The SMILES string of the molecule is COc1ccc(S(=O)(=O)NC2COC(CN3CCC(F)(F)CC3)C2O)cc1. The van der Waals surface area contributed by atoms with Gasteiger partial charge in [0, 0.05) is 32.5 Å². The fourth-order valence-electron chi connectivity index (χ4n) is 3.29. The number of sulfonamides is 1. The minimum absolute atomic E-state index is 0.0191. The van der Waals surface area contributed by atoms with Crippen LogP contribution in [0, 0.1) is 0 Å². The van der Waals surface area contributed by atoms with Gasteiger partial charge >= 0.3 is 0 Å². The minimum Gasteiger partial charge on any atom is -0.497 e. The number of hydrogen-bond donors (Lipinski definition) is 2. The van der Waals surface area contributed by atoms with Crippen LogP contribution in [-0.2, 0) is 14.8 Å². The molecule has 2 fully saturated rings. The number of benzene rings is 1. The summed E-state index contributed by atoms with van der Waals surface area (Å²) in [6.45, 7) is 0.757. The van der Waals surface area contributed by atoms with Gasteiger partial charge in [0.2, 0.25) is 10.0 Å². The van der Waals surface area contributed by atoms with Gasteiger partial charge in [-0.3, -0.25) is 0 Å². The molecule has 2 aliphatic heterocycles. The van der Waals surface area contributed by atoms with Crippen LogP contribution < -0.4 is 9.46 Å². The second-order valence-electron chi connectivity index (χ2n) is 6.92.